The van der Waals surface area contributed by atoms with Gasteiger partial charge in [-0.3, -0.25) is 4.68 Å². The lowest BCUT2D eigenvalue weighted by Gasteiger charge is -2.56. The number of hydrogen-bond donors (Lipinski definition) is 1. The van der Waals surface area contributed by atoms with E-state index in [1.54, 1.807) is 0 Å². The molecule has 5 rings (SSSR count). The third-order valence-electron chi connectivity index (χ3n) is 6.15. The van der Waals surface area contributed by atoms with Crippen LogP contribution in [0.5, 0.6) is 0 Å². The number of nitrogens with zero attached hydrogens (tertiary/aromatic N) is 2. The van der Waals surface area contributed by atoms with Crippen molar-refractivity contribution in [3.63, 3.8) is 0 Å². The van der Waals surface area contributed by atoms with Crippen molar-refractivity contribution in [2.75, 3.05) is 0 Å². The topological polar surface area (TPSA) is 29.9 Å². The molecule has 3 nitrogen and oxygen atoms in total. The van der Waals surface area contributed by atoms with Crippen molar-refractivity contribution in [2.24, 2.45) is 24.8 Å². The first-order valence-electron chi connectivity index (χ1n) is 8.80. The van der Waals surface area contributed by atoms with E-state index in [4.69, 9.17) is 5.10 Å². The Hall–Kier alpha value is -0.830. The zero-order valence-electron chi connectivity index (χ0n) is 13.7. The lowest BCUT2D eigenvalue weighted by Crippen LogP contribution is -2.49. The van der Waals surface area contributed by atoms with Crippen molar-refractivity contribution in [1.29, 1.82) is 0 Å². The maximum absolute atomic E-state index is 4.96. The highest BCUT2D eigenvalue weighted by atomic mass is 15.3. The van der Waals surface area contributed by atoms with Gasteiger partial charge >= 0.3 is 0 Å². The Labute approximate surface area is 128 Å². The van der Waals surface area contributed by atoms with Gasteiger partial charge in [0, 0.05) is 36.8 Å². The van der Waals surface area contributed by atoms with Gasteiger partial charge in [-0.2, -0.15) is 5.10 Å². The fourth-order valence-electron chi connectivity index (χ4n) is 5.83. The molecule has 4 fully saturated rings. The second-order valence-corrected chi connectivity index (χ2v) is 8.41. The Bertz CT molecular complexity index is 493. The van der Waals surface area contributed by atoms with Crippen molar-refractivity contribution in [1.82, 2.24) is 15.1 Å². The van der Waals surface area contributed by atoms with E-state index in [2.05, 4.69) is 32.4 Å². The van der Waals surface area contributed by atoms with Gasteiger partial charge in [0.25, 0.3) is 0 Å². The molecule has 4 bridgehead atoms. The molecule has 0 atom stereocenters. The summed E-state index contributed by atoms with van der Waals surface area (Å²) >= 11 is 0. The van der Waals surface area contributed by atoms with Crippen LogP contribution in [-0.4, -0.2) is 15.8 Å². The molecule has 0 unspecified atom stereocenters. The summed E-state index contributed by atoms with van der Waals surface area (Å²) in [4.78, 5) is 0. The summed E-state index contributed by atoms with van der Waals surface area (Å²) < 4.78 is 2.05. The highest BCUT2D eigenvalue weighted by molar-refractivity contribution is 5.30. The molecule has 1 N–H and O–H groups in total. The van der Waals surface area contributed by atoms with E-state index >= 15 is 0 Å². The second-order valence-electron chi connectivity index (χ2n) is 8.41. The van der Waals surface area contributed by atoms with Gasteiger partial charge in [0.2, 0.25) is 0 Å². The first kappa shape index (κ1) is 13.8. The minimum absolute atomic E-state index is 0.421. The van der Waals surface area contributed by atoms with Crippen LogP contribution in [0.2, 0.25) is 0 Å². The molecule has 0 saturated heterocycles. The molecule has 21 heavy (non-hydrogen) atoms. The Morgan fingerprint density at radius 2 is 1.76 bits per heavy atom. The molecule has 4 aliphatic carbocycles. The van der Waals surface area contributed by atoms with Gasteiger partial charge in [-0.1, -0.05) is 13.8 Å². The molecule has 3 heteroatoms. The monoisotopic (exact) mass is 287 g/mol. The fourth-order valence-corrected chi connectivity index (χ4v) is 5.83. The molecular weight excluding hydrogens is 258 g/mol. The van der Waals surface area contributed by atoms with Crippen LogP contribution in [-0.2, 0) is 19.0 Å². The zero-order valence-corrected chi connectivity index (χ0v) is 13.7. The molecule has 0 radical (unpaired) electrons. The van der Waals surface area contributed by atoms with Crippen LogP contribution in [0.3, 0.4) is 0 Å². The van der Waals surface area contributed by atoms with Gasteiger partial charge in [-0.05, 0) is 56.3 Å². The van der Waals surface area contributed by atoms with Crippen LogP contribution in [0, 0.1) is 17.8 Å². The maximum atomic E-state index is 4.96. The van der Waals surface area contributed by atoms with Crippen LogP contribution in [0.15, 0.2) is 6.20 Å². The molecular formula is C18H29N3. The molecule has 1 aromatic rings. The van der Waals surface area contributed by atoms with E-state index in [-0.39, 0.29) is 0 Å². The number of aryl methyl sites for hydroxylation is 1. The smallest absolute Gasteiger partial charge is 0.0731 e. The standard InChI is InChI=1S/C18H29N3/c1-12(2)19-10-16-11-21(3)20-17(16)18-7-13-4-14(8-18)6-15(5-13)9-18/h11-15,19H,4-10H2,1-3H3. The SMILES string of the molecule is CC(C)NCc1cn(C)nc1C12CC3CC(CC(C3)C1)C2. The van der Waals surface area contributed by atoms with Crippen LogP contribution >= 0.6 is 0 Å². The van der Waals surface area contributed by atoms with Gasteiger partial charge in [0.05, 0.1) is 5.69 Å². The lowest BCUT2D eigenvalue weighted by atomic mass is 9.48. The molecule has 0 amide bonds. The Kier molecular flexibility index (Phi) is 3.18. The molecule has 0 aliphatic heterocycles. The molecule has 4 saturated carbocycles. The molecule has 4 aliphatic rings. The highest BCUT2D eigenvalue weighted by Crippen LogP contribution is 2.60. The third-order valence-corrected chi connectivity index (χ3v) is 6.15. The van der Waals surface area contributed by atoms with E-state index in [9.17, 15) is 0 Å². The minimum atomic E-state index is 0.421. The van der Waals surface area contributed by atoms with Crippen LogP contribution < -0.4 is 5.32 Å². The number of nitrogens with one attached hydrogen (secondary N) is 1. The quantitative estimate of drug-likeness (QED) is 0.920. The molecule has 116 valence electrons. The van der Waals surface area contributed by atoms with Crippen LogP contribution in [0.25, 0.3) is 0 Å². The lowest BCUT2D eigenvalue weighted by molar-refractivity contribution is -0.00785. The molecule has 0 aromatic carbocycles. The van der Waals surface area contributed by atoms with Gasteiger partial charge in [0.1, 0.15) is 0 Å². The summed E-state index contributed by atoms with van der Waals surface area (Å²) in [5, 5.41) is 8.55. The largest absolute Gasteiger partial charge is 0.310 e. The molecule has 0 spiro atoms. The van der Waals surface area contributed by atoms with E-state index in [0.29, 0.717) is 11.5 Å². The average molecular weight is 287 g/mol. The normalized spacial score (nSPS) is 37.6. The summed E-state index contributed by atoms with van der Waals surface area (Å²) in [5.41, 5.74) is 3.31. The minimum Gasteiger partial charge on any atom is -0.310 e. The Morgan fingerprint density at radius 1 is 1.19 bits per heavy atom. The number of aromatic nitrogens is 2. The van der Waals surface area contributed by atoms with Crippen molar-refractivity contribution in [2.45, 2.75) is 70.4 Å². The third kappa shape index (κ3) is 2.34. The molecule has 1 aromatic heterocycles. The number of hydrogen-bond acceptors (Lipinski definition) is 2. The fraction of sp³-hybridized carbons (Fsp3) is 0.833. The van der Waals surface area contributed by atoms with Crippen molar-refractivity contribution in [3.8, 4) is 0 Å². The average Bonchev–Trinajstić information content (AvgIpc) is 2.77. The van der Waals surface area contributed by atoms with Gasteiger partial charge in [-0.15, -0.1) is 0 Å². The molecule has 1 heterocycles. The Morgan fingerprint density at radius 3 is 2.29 bits per heavy atom. The predicted octanol–water partition coefficient (Wildman–Crippen LogP) is 3.39. The summed E-state index contributed by atoms with van der Waals surface area (Å²) in [5.74, 6) is 2.97. The Balaban J connectivity index is 1.66. The van der Waals surface area contributed by atoms with Crippen LogP contribution in [0.4, 0.5) is 0 Å². The van der Waals surface area contributed by atoms with Crippen molar-refractivity contribution >= 4 is 0 Å². The van der Waals surface area contributed by atoms with E-state index in [0.717, 1.165) is 24.3 Å². The van der Waals surface area contributed by atoms with Gasteiger partial charge < -0.3 is 5.32 Å². The first-order chi connectivity index (χ1) is 10.0. The van der Waals surface area contributed by atoms with Crippen LogP contribution in [0.1, 0.15) is 63.6 Å². The second kappa shape index (κ2) is 4.84. The van der Waals surface area contributed by atoms with E-state index in [1.165, 1.54) is 49.8 Å². The van der Waals surface area contributed by atoms with E-state index < -0.39 is 0 Å². The predicted molar refractivity (Wildman–Crippen MR) is 85.0 cm³/mol. The summed E-state index contributed by atoms with van der Waals surface area (Å²) in [6.07, 6.45) is 11.0. The summed E-state index contributed by atoms with van der Waals surface area (Å²) in [6, 6.07) is 0.536. The van der Waals surface area contributed by atoms with Crippen molar-refractivity contribution < 1.29 is 0 Å². The van der Waals surface area contributed by atoms with Crippen molar-refractivity contribution in [3.05, 3.63) is 17.5 Å². The summed E-state index contributed by atoms with van der Waals surface area (Å²) in [7, 11) is 2.09. The summed E-state index contributed by atoms with van der Waals surface area (Å²) in [6.45, 7) is 5.42. The maximum Gasteiger partial charge on any atom is 0.0731 e. The number of rotatable bonds is 4. The highest BCUT2D eigenvalue weighted by Gasteiger charge is 2.53. The zero-order chi connectivity index (χ0) is 14.6. The van der Waals surface area contributed by atoms with E-state index in [1.807, 2.05) is 4.68 Å². The van der Waals surface area contributed by atoms with Gasteiger partial charge in [-0.25, -0.2) is 0 Å². The first-order valence-corrected chi connectivity index (χ1v) is 8.80. The van der Waals surface area contributed by atoms with Gasteiger partial charge in [0.15, 0.2) is 0 Å².